The highest BCUT2D eigenvalue weighted by atomic mass is 16.5. The van der Waals surface area contributed by atoms with Crippen LogP contribution >= 0.6 is 0 Å². The Bertz CT molecular complexity index is 990. The van der Waals surface area contributed by atoms with E-state index < -0.39 is 0 Å². The van der Waals surface area contributed by atoms with Crippen LogP contribution in [0.5, 0.6) is 0 Å². The van der Waals surface area contributed by atoms with Crippen molar-refractivity contribution >= 4 is 23.2 Å². The fourth-order valence-corrected chi connectivity index (χ4v) is 3.69. The van der Waals surface area contributed by atoms with Crippen molar-refractivity contribution in [3.05, 3.63) is 30.5 Å². The van der Waals surface area contributed by atoms with Crippen LogP contribution < -0.4 is 9.80 Å². The average molecular weight is 368 g/mol. The molecule has 10 heteroatoms. The lowest BCUT2D eigenvalue weighted by molar-refractivity contribution is -0.117. The van der Waals surface area contributed by atoms with Gasteiger partial charge in [0, 0.05) is 45.4 Å². The van der Waals surface area contributed by atoms with Gasteiger partial charge in [-0.25, -0.2) is 4.98 Å². The van der Waals surface area contributed by atoms with E-state index in [2.05, 4.69) is 25.1 Å². The molecule has 0 atom stereocenters. The Hall–Kier alpha value is -3.01. The molecule has 5 heterocycles. The number of fused-ring (bicyclic) bond motifs is 1. The molecule has 5 rings (SSSR count). The fourth-order valence-electron chi connectivity index (χ4n) is 3.69. The van der Waals surface area contributed by atoms with Gasteiger partial charge in [0.15, 0.2) is 0 Å². The molecule has 2 aliphatic heterocycles. The van der Waals surface area contributed by atoms with Gasteiger partial charge < -0.3 is 14.5 Å². The summed E-state index contributed by atoms with van der Waals surface area (Å²) >= 11 is 0. The summed E-state index contributed by atoms with van der Waals surface area (Å²) in [7, 11) is 1.65. The second-order valence-corrected chi connectivity index (χ2v) is 6.90. The Morgan fingerprint density at radius 1 is 1.30 bits per heavy atom. The van der Waals surface area contributed by atoms with Crippen molar-refractivity contribution in [3.63, 3.8) is 0 Å². The van der Waals surface area contributed by atoms with Gasteiger partial charge >= 0.3 is 0 Å². The first-order chi connectivity index (χ1) is 13.2. The van der Waals surface area contributed by atoms with Crippen molar-refractivity contribution in [2.45, 2.75) is 25.5 Å². The van der Waals surface area contributed by atoms with Gasteiger partial charge in [-0.05, 0) is 6.42 Å². The molecule has 140 valence electrons. The highest BCUT2D eigenvalue weighted by Gasteiger charge is 2.32. The maximum absolute atomic E-state index is 11.9. The third kappa shape index (κ3) is 2.72. The van der Waals surface area contributed by atoms with Crippen molar-refractivity contribution in [2.24, 2.45) is 0 Å². The zero-order valence-electron chi connectivity index (χ0n) is 15.0. The molecule has 0 radical (unpaired) electrons. The van der Waals surface area contributed by atoms with E-state index in [-0.39, 0.29) is 11.9 Å². The van der Waals surface area contributed by atoms with Crippen LogP contribution in [0.1, 0.15) is 24.6 Å². The van der Waals surface area contributed by atoms with E-state index in [1.807, 2.05) is 21.8 Å². The molecule has 2 aliphatic rings. The minimum atomic E-state index is 0.181. The number of carbonyl (C=O) groups excluding carboxylic acids is 1. The van der Waals surface area contributed by atoms with E-state index in [9.17, 15) is 4.79 Å². The second-order valence-electron chi connectivity index (χ2n) is 6.90. The number of hydrogen-bond acceptors (Lipinski definition) is 7. The normalized spacial score (nSPS) is 17.9. The predicted octanol–water partition coefficient (Wildman–Crippen LogP) is 0.655. The van der Waals surface area contributed by atoms with Crippen molar-refractivity contribution in [3.8, 4) is 0 Å². The van der Waals surface area contributed by atoms with Crippen molar-refractivity contribution in [2.75, 3.05) is 36.5 Å². The summed E-state index contributed by atoms with van der Waals surface area (Å²) < 4.78 is 8.90. The van der Waals surface area contributed by atoms with Gasteiger partial charge in [-0.1, -0.05) is 0 Å². The Morgan fingerprint density at radius 3 is 2.96 bits per heavy atom. The van der Waals surface area contributed by atoms with Gasteiger partial charge in [-0.15, -0.1) is 0 Å². The second kappa shape index (κ2) is 6.31. The highest BCUT2D eigenvalue weighted by Crippen LogP contribution is 2.29. The van der Waals surface area contributed by atoms with Gasteiger partial charge in [0.1, 0.15) is 12.1 Å². The number of hydrogen-bond donors (Lipinski definition) is 0. The smallest absolute Gasteiger partial charge is 0.254 e. The average Bonchev–Trinajstić information content (AvgIpc) is 3.34. The zero-order chi connectivity index (χ0) is 18.4. The zero-order valence-corrected chi connectivity index (χ0v) is 15.0. The number of aromatic nitrogens is 6. The summed E-state index contributed by atoms with van der Waals surface area (Å²) in [5.41, 5.74) is 1.71. The lowest BCUT2D eigenvalue weighted by Gasteiger charge is -2.40. The standard InChI is InChI=1S/C17H20N8O2/c1-27-10-12-5-15(25-17(21-12)18-11-20-25)22-7-14(8-22)24-9-13(6-19-24)23-4-2-3-16(23)26/h5-6,9,11,14H,2-4,7-8,10H2,1H3. The molecule has 3 aromatic heterocycles. The molecule has 10 nitrogen and oxygen atoms in total. The molecule has 3 aromatic rings. The summed E-state index contributed by atoms with van der Waals surface area (Å²) in [6.45, 7) is 2.83. The summed E-state index contributed by atoms with van der Waals surface area (Å²) in [6.07, 6.45) is 6.81. The predicted molar refractivity (Wildman–Crippen MR) is 96.6 cm³/mol. The number of carbonyl (C=O) groups is 1. The third-order valence-electron chi connectivity index (χ3n) is 5.11. The molecular weight excluding hydrogens is 348 g/mol. The highest BCUT2D eigenvalue weighted by molar-refractivity contribution is 5.95. The van der Waals surface area contributed by atoms with E-state index in [0.717, 1.165) is 43.3 Å². The van der Waals surface area contributed by atoms with Crippen LogP contribution in [0.25, 0.3) is 5.78 Å². The Kier molecular flexibility index (Phi) is 3.78. The van der Waals surface area contributed by atoms with Crippen LogP contribution in [0.3, 0.4) is 0 Å². The first-order valence-electron chi connectivity index (χ1n) is 9.01. The van der Waals surface area contributed by atoms with Crippen LogP contribution in [0.15, 0.2) is 24.8 Å². The Labute approximate surface area is 155 Å². The number of anilines is 2. The first-order valence-corrected chi connectivity index (χ1v) is 9.01. The number of ether oxygens (including phenoxy) is 1. The molecule has 2 fully saturated rings. The van der Waals surface area contributed by atoms with E-state index in [1.165, 1.54) is 6.33 Å². The number of methoxy groups -OCH3 is 1. The quantitative estimate of drug-likeness (QED) is 0.653. The third-order valence-corrected chi connectivity index (χ3v) is 5.11. The molecule has 0 spiro atoms. The van der Waals surface area contributed by atoms with Gasteiger partial charge in [-0.2, -0.15) is 19.7 Å². The largest absolute Gasteiger partial charge is 0.378 e. The summed E-state index contributed by atoms with van der Waals surface area (Å²) in [5.74, 6) is 1.70. The molecule has 0 saturated carbocycles. The van der Waals surface area contributed by atoms with Gasteiger partial charge in [-0.3, -0.25) is 9.48 Å². The first kappa shape index (κ1) is 16.2. The summed E-state index contributed by atoms with van der Waals surface area (Å²) in [5, 5.41) is 8.75. The van der Waals surface area contributed by atoms with E-state index in [1.54, 1.807) is 17.8 Å². The molecule has 0 aromatic carbocycles. The van der Waals surface area contributed by atoms with Crippen LogP contribution in [0.4, 0.5) is 11.5 Å². The van der Waals surface area contributed by atoms with Gasteiger partial charge in [0.05, 0.1) is 30.2 Å². The molecule has 0 aliphatic carbocycles. The Morgan fingerprint density at radius 2 is 2.19 bits per heavy atom. The SMILES string of the molecule is COCc1cc(N2CC(n3cc(N4CCCC4=O)cn3)C2)n2ncnc2n1. The van der Waals surface area contributed by atoms with Crippen molar-refractivity contribution < 1.29 is 9.53 Å². The van der Waals surface area contributed by atoms with Crippen LogP contribution in [0, 0.1) is 0 Å². The van der Waals surface area contributed by atoms with Crippen molar-refractivity contribution in [1.82, 2.24) is 29.4 Å². The molecular formula is C17H20N8O2. The summed E-state index contributed by atoms with van der Waals surface area (Å²) in [4.78, 5) is 24.6. The van der Waals surface area contributed by atoms with E-state index in [0.29, 0.717) is 18.8 Å². The van der Waals surface area contributed by atoms with Gasteiger partial charge in [0.25, 0.3) is 5.78 Å². The number of amides is 1. The van der Waals surface area contributed by atoms with E-state index in [4.69, 9.17) is 4.74 Å². The van der Waals surface area contributed by atoms with Crippen LogP contribution in [-0.4, -0.2) is 62.0 Å². The molecule has 2 saturated heterocycles. The summed E-state index contributed by atoms with van der Waals surface area (Å²) in [6, 6.07) is 2.24. The molecule has 1 amide bonds. The number of nitrogens with zero attached hydrogens (tertiary/aromatic N) is 8. The van der Waals surface area contributed by atoms with Crippen molar-refractivity contribution in [1.29, 1.82) is 0 Å². The lowest BCUT2D eigenvalue weighted by atomic mass is 10.1. The minimum Gasteiger partial charge on any atom is -0.378 e. The molecule has 0 unspecified atom stereocenters. The Balaban J connectivity index is 1.34. The fraction of sp³-hybridized carbons (Fsp3) is 0.471. The van der Waals surface area contributed by atoms with Crippen LogP contribution in [0.2, 0.25) is 0 Å². The molecule has 0 N–H and O–H groups in total. The molecule has 0 bridgehead atoms. The minimum absolute atomic E-state index is 0.181. The van der Waals surface area contributed by atoms with Gasteiger partial charge in [0.2, 0.25) is 5.91 Å². The monoisotopic (exact) mass is 368 g/mol. The maximum atomic E-state index is 11.9. The molecule has 27 heavy (non-hydrogen) atoms. The van der Waals surface area contributed by atoms with E-state index >= 15 is 0 Å². The van der Waals surface area contributed by atoms with Crippen LogP contribution in [-0.2, 0) is 16.1 Å². The lowest BCUT2D eigenvalue weighted by Crippen LogP contribution is -2.49. The topological polar surface area (TPSA) is 93.7 Å². The maximum Gasteiger partial charge on any atom is 0.254 e. The number of rotatable bonds is 5.